The molecule has 0 fully saturated rings. The van der Waals surface area contributed by atoms with Crippen LogP contribution in [0.3, 0.4) is 0 Å². The van der Waals surface area contributed by atoms with Gasteiger partial charge < -0.3 is 4.43 Å². The Bertz CT molecular complexity index is 397. The van der Waals surface area contributed by atoms with Crippen LogP contribution in [0, 0.1) is 0 Å². The summed E-state index contributed by atoms with van der Waals surface area (Å²) in [7, 11) is -1.75. The number of hydrogen-bond acceptors (Lipinski definition) is 1. The smallest absolute Gasteiger partial charge is 0.250 e. The molecule has 1 rings (SSSR count). The molecule has 0 aliphatic heterocycles. The first-order valence-corrected chi connectivity index (χ1v) is 10.5. The van der Waals surface area contributed by atoms with E-state index in [4.69, 9.17) is 4.43 Å². The van der Waals surface area contributed by atoms with E-state index < -0.39 is 8.32 Å². The van der Waals surface area contributed by atoms with Gasteiger partial charge in [0, 0.05) is 5.33 Å². The minimum absolute atomic E-state index is 0.223. The molecule has 96 valence electrons. The van der Waals surface area contributed by atoms with Crippen molar-refractivity contribution in [3.05, 3.63) is 28.2 Å². The van der Waals surface area contributed by atoms with Gasteiger partial charge in [-0.1, -0.05) is 42.8 Å². The standard InChI is InChI=1S/C13H20Br2OSi/c1-13(2,3)17(4,5)16-12-7-6-10(9-14)8-11(12)15/h6-8H,9H2,1-5H3. The number of rotatable bonds is 3. The van der Waals surface area contributed by atoms with Gasteiger partial charge in [0.05, 0.1) is 4.47 Å². The van der Waals surface area contributed by atoms with Crippen LogP contribution in [0.5, 0.6) is 5.75 Å². The first-order valence-electron chi connectivity index (χ1n) is 5.71. The van der Waals surface area contributed by atoms with Gasteiger partial charge in [-0.2, -0.15) is 0 Å². The second-order valence-electron chi connectivity index (χ2n) is 5.76. The van der Waals surface area contributed by atoms with Gasteiger partial charge in [-0.15, -0.1) is 0 Å². The van der Waals surface area contributed by atoms with Crippen LogP contribution < -0.4 is 4.43 Å². The second kappa shape index (κ2) is 5.45. The molecule has 4 heteroatoms. The van der Waals surface area contributed by atoms with Crippen LogP contribution in [0.25, 0.3) is 0 Å². The molecule has 0 spiro atoms. The third-order valence-electron chi connectivity index (χ3n) is 3.32. The third kappa shape index (κ3) is 3.83. The Morgan fingerprint density at radius 1 is 1.24 bits per heavy atom. The second-order valence-corrected chi connectivity index (χ2v) is 11.9. The molecule has 0 aromatic heterocycles. The zero-order chi connectivity index (χ0) is 13.3. The van der Waals surface area contributed by atoms with Crippen molar-refractivity contribution in [1.29, 1.82) is 0 Å². The van der Waals surface area contributed by atoms with Gasteiger partial charge >= 0.3 is 0 Å². The maximum absolute atomic E-state index is 6.27. The summed E-state index contributed by atoms with van der Waals surface area (Å²) in [6.07, 6.45) is 0. The fourth-order valence-electron chi connectivity index (χ4n) is 1.14. The molecular formula is C13H20Br2OSi. The van der Waals surface area contributed by atoms with E-state index in [1.807, 2.05) is 0 Å². The van der Waals surface area contributed by atoms with Crippen molar-refractivity contribution in [3.8, 4) is 5.75 Å². The van der Waals surface area contributed by atoms with Gasteiger partial charge in [-0.25, -0.2) is 0 Å². The molecule has 0 heterocycles. The molecule has 0 saturated heterocycles. The lowest BCUT2D eigenvalue weighted by molar-refractivity contribution is 0.489. The Kier molecular flexibility index (Phi) is 4.89. The van der Waals surface area contributed by atoms with E-state index in [-0.39, 0.29) is 5.04 Å². The molecule has 0 saturated carbocycles. The normalized spacial score (nSPS) is 12.6. The molecule has 0 N–H and O–H groups in total. The predicted octanol–water partition coefficient (Wildman–Crippen LogP) is 5.73. The van der Waals surface area contributed by atoms with Crippen molar-refractivity contribution in [2.75, 3.05) is 0 Å². The summed E-state index contributed by atoms with van der Waals surface area (Å²) in [6, 6.07) is 6.26. The van der Waals surface area contributed by atoms with E-state index in [0.29, 0.717) is 0 Å². The number of hydrogen-bond donors (Lipinski definition) is 0. The lowest BCUT2D eigenvalue weighted by Crippen LogP contribution is -2.43. The molecule has 0 aliphatic rings. The highest BCUT2D eigenvalue weighted by Gasteiger charge is 2.39. The first kappa shape index (κ1) is 15.3. The fraction of sp³-hybridized carbons (Fsp3) is 0.538. The maximum atomic E-state index is 6.27. The summed E-state index contributed by atoms with van der Waals surface area (Å²) >= 11 is 7.04. The topological polar surface area (TPSA) is 9.23 Å². The van der Waals surface area contributed by atoms with Crippen molar-refractivity contribution < 1.29 is 4.43 Å². The number of halogens is 2. The average Bonchev–Trinajstić information content (AvgIpc) is 2.19. The van der Waals surface area contributed by atoms with Crippen LogP contribution in [-0.4, -0.2) is 8.32 Å². The van der Waals surface area contributed by atoms with Gasteiger partial charge in [0.25, 0.3) is 8.32 Å². The monoisotopic (exact) mass is 378 g/mol. The van der Waals surface area contributed by atoms with Gasteiger partial charge in [-0.05, 0) is 51.8 Å². The Labute approximate surface area is 122 Å². The Morgan fingerprint density at radius 2 is 1.82 bits per heavy atom. The van der Waals surface area contributed by atoms with Crippen LogP contribution in [0.15, 0.2) is 22.7 Å². The molecule has 1 aromatic carbocycles. The van der Waals surface area contributed by atoms with E-state index in [1.54, 1.807) is 0 Å². The third-order valence-corrected chi connectivity index (χ3v) is 8.93. The summed E-state index contributed by atoms with van der Waals surface area (Å²) in [5.41, 5.74) is 1.25. The van der Waals surface area contributed by atoms with Gasteiger partial charge in [0.2, 0.25) is 0 Å². The molecule has 0 aliphatic carbocycles. The van der Waals surface area contributed by atoms with Crippen LogP contribution in [0.4, 0.5) is 0 Å². The number of alkyl halides is 1. The van der Waals surface area contributed by atoms with E-state index in [2.05, 4.69) is 83.9 Å². The van der Waals surface area contributed by atoms with Crippen molar-refractivity contribution >= 4 is 40.2 Å². The lowest BCUT2D eigenvalue weighted by atomic mass is 10.2. The van der Waals surface area contributed by atoms with Crippen molar-refractivity contribution in [2.24, 2.45) is 0 Å². The van der Waals surface area contributed by atoms with Crippen LogP contribution in [0.1, 0.15) is 26.3 Å². The SMILES string of the molecule is CC(C)(C)[Si](C)(C)Oc1ccc(CBr)cc1Br. The summed E-state index contributed by atoms with van der Waals surface area (Å²) < 4.78 is 7.31. The highest BCUT2D eigenvalue weighted by Crippen LogP contribution is 2.39. The van der Waals surface area contributed by atoms with Gasteiger partial charge in [-0.3, -0.25) is 0 Å². The Morgan fingerprint density at radius 3 is 2.24 bits per heavy atom. The highest BCUT2D eigenvalue weighted by molar-refractivity contribution is 9.10. The maximum Gasteiger partial charge on any atom is 0.250 e. The molecular weight excluding hydrogens is 360 g/mol. The fourth-order valence-corrected chi connectivity index (χ4v) is 3.18. The van der Waals surface area contributed by atoms with Crippen molar-refractivity contribution in [2.45, 2.75) is 44.2 Å². The predicted molar refractivity (Wildman–Crippen MR) is 84.6 cm³/mol. The van der Waals surface area contributed by atoms with Crippen LogP contribution in [0.2, 0.25) is 18.1 Å². The van der Waals surface area contributed by atoms with E-state index in [0.717, 1.165) is 15.6 Å². The molecule has 1 nitrogen and oxygen atoms in total. The molecule has 0 atom stereocenters. The van der Waals surface area contributed by atoms with E-state index >= 15 is 0 Å². The lowest BCUT2D eigenvalue weighted by Gasteiger charge is -2.36. The largest absolute Gasteiger partial charge is 0.543 e. The molecule has 0 radical (unpaired) electrons. The van der Waals surface area contributed by atoms with Crippen molar-refractivity contribution in [3.63, 3.8) is 0 Å². The minimum Gasteiger partial charge on any atom is -0.543 e. The molecule has 0 unspecified atom stereocenters. The summed E-state index contributed by atoms with van der Waals surface area (Å²) in [4.78, 5) is 0. The quantitative estimate of drug-likeness (QED) is 0.481. The first-order chi connectivity index (χ1) is 7.67. The van der Waals surface area contributed by atoms with Gasteiger partial charge in [0.1, 0.15) is 5.75 Å². The summed E-state index contributed by atoms with van der Waals surface area (Å²) in [6.45, 7) is 11.3. The molecule has 17 heavy (non-hydrogen) atoms. The average molecular weight is 380 g/mol. The van der Waals surface area contributed by atoms with E-state index in [1.165, 1.54) is 5.56 Å². The Balaban J connectivity index is 2.96. The number of benzene rings is 1. The van der Waals surface area contributed by atoms with Crippen LogP contribution >= 0.6 is 31.9 Å². The zero-order valence-corrected chi connectivity index (χ0v) is 15.3. The minimum atomic E-state index is -1.75. The molecule has 0 bridgehead atoms. The highest BCUT2D eigenvalue weighted by atomic mass is 79.9. The zero-order valence-electron chi connectivity index (χ0n) is 11.1. The Hall–Kier alpha value is 0.197. The van der Waals surface area contributed by atoms with Gasteiger partial charge in [0.15, 0.2) is 0 Å². The molecule has 0 amide bonds. The molecule has 1 aromatic rings. The summed E-state index contributed by atoms with van der Waals surface area (Å²) in [5, 5.41) is 1.09. The van der Waals surface area contributed by atoms with Crippen molar-refractivity contribution in [1.82, 2.24) is 0 Å². The van der Waals surface area contributed by atoms with Crippen LogP contribution in [-0.2, 0) is 5.33 Å². The summed E-state index contributed by atoms with van der Waals surface area (Å²) in [5.74, 6) is 0.960. The van der Waals surface area contributed by atoms with E-state index in [9.17, 15) is 0 Å².